The van der Waals surface area contributed by atoms with Gasteiger partial charge in [-0.2, -0.15) is 5.26 Å². The quantitative estimate of drug-likeness (QED) is 0.450. The maximum Gasteiger partial charge on any atom is 0.254 e. The number of carbonyl (C=O) groups excluding carboxylic acids is 1. The van der Waals surface area contributed by atoms with Crippen LogP contribution in [0, 0.1) is 18.3 Å². The lowest BCUT2D eigenvalue weighted by Crippen LogP contribution is -2.33. The summed E-state index contributed by atoms with van der Waals surface area (Å²) < 4.78 is 1.07. The van der Waals surface area contributed by atoms with Crippen LogP contribution in [0.3, 0.4) is 0 Å². The molecule has 1 heterocycles. The van der Waals surface area contributed by atoms with Gasteiger partial charge in [0, 0.05) is 28.9 Å². The van der Waals surface area contributed by atoms with Crippen LogP contribution >= 0.6 is 23.1 Å². The standard InChI is InChI=1S/C23H23N3OS2/c1-4-26(17(3)20-9-5-18(13-24)6-10-20)22(27)21-11-7-19(8-12-21)15-29-23-25-16(2)14-28-23/h5-12,14,17H,4,15H2,1-3H3. The molecular formula is C23H23N3OS2. The second kappa shape index (κ2) is 9.73. The topological polar surface area (TPSA) is 57.0 Å². The molecule has 1 unspecified atom stereocenters. The monoisotopic (exact) mass is 421 g/mol. The lowest BCUT2D eigenvalue weighted by atomic mass is 10.0. The molecule has 1 amide bonds. The Balaban J connectivity index is 1.67. The number of hydrogen-bond donors (Lipinski definition) is 0. The Morgan fingerprint density at radius 1 is 1.21 bits per heavy atom. The molecule has 0 aliphatic carbocycles. The summed E-state index contributed by atoms with van der Waals surface area (Å²) in [5.74, 6) is 0.847. The first-order valence-corrected chi connectivity index (χ1v) is 11.3. The first-order chi connectivity index (χ1) is 14.0. The van der Waals surface area contributed by atoms with E-state index in [0.717, 1.165) is 21.3 Å². The van der Waals surface area contributed by atoms with Gasteiger partial charge in [0.05, 0.1) is 17.7 Å². The van der Waals surface area contributed by atoms with Gasteiger partial charge >= 0.3 is 0 Å². The smallest absolute Gasteiger partial charge is 0.254 e. The Labute approximate surface area is 180 Å². The number of thioether (sulfide) groups is 1. The number of amides is 1. The van der Waals surface area contributed by atoms with Crippen molar-refractivity contribution in [2.24, 2.45) is 0 Å². The van der Waals surface area contributed by atoms with Gasteiger partial charge in [-0.05, 0) is 56.2 Å². The summed E-state index contributed by atoms with van der Waals surface area (Å²) in [4.78, 5) is 19.4. The zero-order valence-corrected chi connectivity index (χ0v) is 18.4. The predicted molar refractivity (Wildman–Crippen MR) is 119 cm³/mol. The zero-order valence-electron chi connectivity index (χ0n) is 16.8. The lowest BCUT2D eigenvalue weighted by Gasteiger charge is -2.28. The summed E-state index contributed by atoms with van der Waals surface area (Å²) in [6, 6.07) is 17.3. The van der Waals surface area contributed by atoms with Gasteiger partial charge in [-0.25, -0.2) is 4.98 Å². The van der Waals surface area contributed by atoms with Gasteiger partial charge in [0.15, 0.2) is 0 Å². The Hall–Kier alpha value is -2.62. The molecule has 0 aliphatic heterocycles. The second-order valence-electron chi connectivity index (χ2n) is 6.74. The van der Waals surface area contributed by atoms with E-state index in [1.165, 1.54) is 5.56 Å². The van der Waals surface area contributed by atoms with Gasteiger partial charge in [-0.1, -0.05) is 36.0 Å². The fourth-order valence-corrected chi connectivity index (χ4v) is 4.87. The molecule has 0 spiro atoms. The number of thiazole rings is 1. The van der Waals surface area contributed by atoms with Crippen LogP contribution in [-0.2, 0) is 5.75 Å². The maximum atomic E-state index is 13.1. The van der Waals surface area contributed by atoms with Gasteiger partial charge < -0.3 is 4.90 Å². The summed E-state index contributed by atoms with van der Waals surface area (Å²) in [6.45, 7) is 6.61. The van der Waals surface area contributed by atoms with Crippen LogP contribution in [0.4, 0.5) is 0 Å². The molecule has 6 heteroatoms. The third-order valence-electron chi connectivity index (χ3n) is 4.75. The van der Waals surface area contributed by atoms with Gasteiger partial charge in [0.2, 0.25) is 0 Å². The third-order valence-corrected chi connectivity index (χ3v) is 6.96. The first-order valence-electron chi connectivity index (χ1n) is 9.46. The van der Waals surface area contributed by atoms with Gasteiger partial charge in [0.25, 0.3) is 5.91 Å². The Bertz CT molecular complexity index is 1000. The average Bonchev–Trinajstić information content (AvgIpc) is 3.18. The molecule has 3 aromatic rings. The van der Waals surface area contributed by atoms with E-state index >= 15 is 0 Å². The molecule has 0 fully saturated rings. The number of nitriles is 1. The molecule has 0 aliphatic rings. The van der Waals surface area contributed by atoms with E-state index in [9.17, 15) is 4.79 Å². The largest absolute Gasteiger partial charge is 0.332 e. The number of aryl methyl sites for hydroxylation is 1. The molecule has 0 bridgehead atoms. The molecule has 0 saturated carbocycles. The van der Waals surface area contributed by atoms with E-state index in [4.69, 9.17) is 5.26 Å². The SMILES string of the molecule is CCN(C(=O)c1ccc(CSc2nc(C)cs2)cc1)C(C)c1ccc(C#N)cc1. The van der Waals surface area contributed by atoms with Crippen LogP contribution in [-0.4, -0.2) is 22.3 Å². The third kappa shape index (κ3) is 5.26. The summed E-state index contributed by atoms with van der Waals surface area (Å²) >= 11 is 3.37. The van der Waals surface area contributed by atoms with Crippen molar-refractivity contribution in [3.8, 4) is 6.07 Å². The average molecular weight is 422 g/mol. The summed E-state index contributed by atoms with van der Waals surface area (Å²) in [6.07, 6.45) is 0. The van der Waals surface area contributed by atoms with Crippen LogP contribution in [0.1, 0.15) is 52.6 Å². The predicted octanol–water partition coefficient (Wildman–Crippen LogP) is 5.84. The first kappa shape index (κ1) is 21.1. The summed E-state index contributed by atoms with van der Waals surface area (Å²) in [7, 11) is 0. The van der Waals surface area contributed by atoms with Crippen LogP contribution in [0.5, 0.6) is 0 Å². The normalized spacial score (nSPS) is 11.7. The van der Waals surface area contributed by atoms with E-state index < -0.39 is 0 Å². The van der Waals surface area contributed by atoms with Crippen molar-refractivity contribution in [2.75, 3.05) is 6.54 Å². The minimum absolute atomic E-state index is 0.0131. The zero-order chi connectivity index (χ0) is 20.8. The molecule has 2 aromatic carbocycles. The minimum Gasteiger partial charge on any atom is -0.332 e. The van der Waals surface area contributed by atoms with E-state index in [2.05, 4.69) is 16.4 Å². The maximum absolute atomic E-state index is 13.1. The highest BCUT2D eigenvalue weighted by molar-refractivity contribution is 8.00. The van der Waals surface area contributed by atoms with Crippen molar-refractivity contribution >= 4 is 29.0 Å². The number of nitrogens with zero attached hydrogens (tertiary/aromatic N) is 3. The number of benzene rings is 2. The number of carbonyl (C=O) groups is 1. The highest BCUT2D eigenvalue weighted by atomic mass is 32.2. The highest BCUT2D eigenvalue weighted by Gasteiger charge is 2.21. The molecule has 0 saturated heterocycles. The molecule has 29 heavy (non-hydrogen) atoms. The van der Waals surface area contributed by atoms with Gasteiger partial charge in [0.1, 0.15) is 4.34 Å². The number of hydrogen-bond acceptors (Lipinski definition) is 5. The van der Waals surface area contributed by atoms with Crippen LogP contribution in [0.25, 0.3) is 0 Å². The lowest BCUT2D eigenvalue weighted by molar-refractivity contribution is 0.0702. The van der Waals surface area contributed by atoms with Crippen LogP contribution < -0.4 is 0 Å². The van der Waals surface area contributed by atoms with E-state index in [1.807, 2.05) is 62.1 Å². The minimum atomic E-state index is -0.0661. The molecular weight excluding hydrogens is 398 g/mol. The molecule has 4 nitrogen and oxygen atoms in total. The van der Waals surface area contributed by atoms with Crippen molar-refractivity contribution < 1.29 is 4.79 Å². The van der Waals surface area contributed by atoms with Crippen molar-refractivity contribution in [1.29, 1.82) is 5.26 Å². The highest BCUT2D eigenvalue weighted by Crippen LogP contribution is 2.27. The van der Waals surface area contributed by atoms with Crippen molar-refractivity contribution in [1.82, 2.24) is 9.88 Å². The van der Waals surface area contributed by atoms with Crippen LogP contribution in [0.2, 0.25) is 0 Å². The van der Waals surface area contributed by atoms with E-state index in [-0.39, 0.29) is 11.9 Å². The number of rotatable bonds is 7. The van der Waals surface area contributed by atoms with E-state index in [1.54, 1.807) is 35.2 Å². The summed E-state index contributed by atoms with van der Waals surface area (Å²) in [5.41, 5.74) is 4.55. The summed E-state index contributed by atoms with van der Waals surface area (Å²) in [5, 5.41) is 11.0. The molecule has 0 N–H and O–H groups in total. The van der Waals surface area contributed by atoms with Crippen molar-refractivity contribution in [3.63, 3.8) is 0 Å². The Morgan fingerprint density at radius 2 is 1.90 bits per heavy atom. The Kier molecular flexibility index (Phi) is 7.08. The molecule has 148 valence electrons. The van der Waals surface area contributed by atoms with Gasteiger partial charge in [-0.15, -0.1) is 11.3 Å². The second-order valence-corrected chi connectivity index (χ2v) is 8.82. The van der Waals surface area contributed by atoms with Crippen molar-refractivity contribution in [3.05, 3.63) is 81.9 Å². The fourth-order valence-electron chi connectivity index (χ4n) is 3.06. The number of aromatic nitrogens is 1. The Morgan fingerprint density at radius 3 is 2.45 bits per heavy atom. The molecule has 0 radical (unpaired) electrons. The van der Waals surface area contributed by atoms with E-state index in [0.29, 0.717) is 17.7 Å². The van der Waals surface area contributed by atoms with Crippen molar-refractivity contribution in [2.45, 2.75) is 36.9 Å². The van der Waals surface area contributed by atoms with Gasteiger partial charge in [-0.3, -0.25) is 4.79 Å². The molecule has 1 atom stereocenters. The molecule has 3 rings (SSSR count). The fraction of sp³-hybridized carbons (Fsp3) is 0.261. The van der Waals surface area contributed by atoms with Crippen LogP contribution in [0.15, 0.2) is 58.3 Å². The molecule has 1 aromatic heterocycles.